The SMILES string of the molecule is CC1SCC(C(=O)O)N1C(=O)Cc1ccc(N)cn1. The second kappa shape index (κ2) is 5.48. The van der Waals surface area contributed by atoms with Crippen molar-refractivity contribution in [1.29, 1.82) is 0 Å². The number of nitrogens with zero attached hydrogens (tertiary/aromatic N) is 2. The van der Waals surface area contributed by atoms with Crippen molar-refractivity contribution in [3.8, 4) is 0 Å². The molecule has 0 radical (unpaired) electrons. The lowest BCUT2D eigenvalue weighted by Crippen LogP contribution is -2.45. The number of anilines is 1. The summed E-state index contributed by atoms with van der Waals surface area (Å²) < 4.78 is 0. The second-order valence-corrected chi connectivity index (χ2v) is 5.70. The molecule has 1 saturated heterocycles. The van der Waals surface area contributed by atoms with Gasteiger partial charge in [-0.3, -0.25) is 9.78 Å². The van der Waals surface area contributed by atoms with E-state index < -0.39 is 12.0 Å². The molecule has 1 amide bonds. The van der Waals surface area contributed by atoms with Gasteiger partial charge in [-0.25, -0.2) is 4.79 Å². The zero-order valence-electron chi connectivity index (χ0n) is 10.4. The average molecular weight is 281 g/mol. The molecule has 2 heterocycles. The van der Waals surface area contributed by atoms with Crippen LogP contribution in [0.2, 0.25) is 0 Å². The van der Waals surface area contributed by atoms with Crippen LogP contribution in [-0.2, 0) is 16.0 Å². The Hall–Kier alpha value is -1.76. The molecule has 2 rings (SSSR count). The van der Waals surface area contributed by atoms with Gasteiger partial charge in [0.05, 0.1) is 23.7 Å². The van der Waals surface area contributed by atoms with E-state index in [1.165, 1.54) is 22.9 Å². The highest BCUT2D eigenvalue weighted by Gasteiger charge is 2.39. The van der Waals surface area contributed by atoms with E-state index in [0.717, 1.165) is 0 Å². The number of thioether (sulfide) groups is 1. The van der Waals surface area contributed by atoms with Crippen molar-refractivity contribution < 1.29 is 14.7 Å². The number of aliphatic carboxylic acids is 1. The minimum absolute atomic E-state index is 0.0922. The summed E-state index contributed by atoms with van der Waals surface area (Å²) in [4.78, 5) is 28.8. The third kappa shape index (κ3) is 2.98. The van der Waals surface area contributed by atoms with Crippen molar-refractivity contribution in [1.82, 2.24) is 9.88 Å². The van der Waals surface area contributed by atoms with Gasteiger partial charge >= 0.3 is 5.97 Å². The summed E-state index contributed by atoms with van der Waals surface area (Å²) in [5.41, 5.74) is 6.65. The lowest BCUT2D eigenvalue weighted by atomic mass is 10.2. The van der Waals surface area contributed by atoms with Crippen LogP contribution in [0.4, 0.5) is 5.69 Å². The van der Waals surface area contributed by atoms with Gasteiger partial charge < -0.3 is 15.7 Å². The molecule has 6 nitrogen and oxygen atoms in total. The number of amides is 1. The van der Waals surface area contributed by atoms with Gasteiger partial charge in [0.25, 0.3) is 0 Å². The number of carbonyl (C=O) groups excluding carboxylic acids is 1. The van der Waals surface area contributed by atoms with Gasteiger partial charge in [-0.1, -0.05) is 0 Å². The van der Waals surface area contributed by atoms with Crippen LogP contribution in [0.3, 0.4) is 0 Å². The number of hydrogen-bond donors (Lipinski definition) is 2. The number of carboxylic acid groups (broad SMARTS) is 1. The molecule has 1 aliphatic rings. The normalized spacial score (nSPS) is 22.5. The number of rotatable bonds is 3. The lowest BCUT2D eigenvalue weighted by molar-refractivity contribution is -0.148. The molecule has 7 heteroatoms. The Labute approximate surface area is 115 Å². The highest BCUT2D eigenvalue weighted by atomic mass is 32.2. The number of hydrogen-bond acceptors (Lipinski definition) is 5. The van der Waals surface area contributed by atoms with Crippen LogP contribution in [0, 0.1) is 0 Å². The monoisotopic (exact) mass is 281 g/mol. The summed E-state index contributed by atoms with van der Waals surface area (Å²) in [5.74, 6) is -0.755. The minimum atomic E-state index is -0.963. The molecule has 0 spiro atoms. The molecule has 1 aliphatic heterocycles. The Balaban J connectivity index is 2.10. The number of nitrogens with two attached hydrogens (primary N) is 1. The van der Waals surface area contributed by atoms with Crippen molar-refractivity contribution in [2.75, 3.05) is 11.5 Å². The average Bonchev–Trinajstić information content (AvgIpc) is 2.74. The quantitative estimate of drug-likeness (QED) is 0.841. The summed E-state index contributed by atoms with van der Waals surface area (Å²) >= 11 is 1.47. The summed E-state index contributed by atoms with van der Waals surface area (Å²) in [7, 11) is 0. The van der Waals surface area contributed by atoms with E-state index >= 15 is 0 Å². The Morgan fingerprint density at radius 1 is 1.58 bits per heavy atom. The van der Waals surface area contributed by atoms with E-state index in [1.807, 2.05) is 6.92 Å². The first-order valence-electron chi connectivity index (χ1n) is 5.85. The van der Waals surface area contributed by atoms with E-state index in [2.05, 4.69) is 4.98 Å². The molecule has 1 fully saturated rings. The standard InChI is InChI=1S/C12H15N3O3S/c1-7-15(10(6-19-7)12(17)18)11(16)4-9-3-2-8(13)5-14-9/h2-3,5,7,10H,4,6,13H2,1H3,(H,17,18). The molecule has 1 aromatic rings. The summed E-state index contributed by atoms with van der Waals surface area (Å²) in [6, 6.07) is 2.60. The maximum absolute atomic E-state index is 12.2. The highest BCUT2D eigenvalue weighted by molar-refractivity contribution is 8.00. The number of nitrogen functional groups attached to an aromatic ring is 1. The predicted octanol–water partition coefficient (Wildman–Crippen LogP) is 0.581. The molecule has 0 aliphatic carbocycles. The van der Waals surface area contributed by atoms with Crippen molar-refractivity contribution >= 4 is 29.3 Å². The predicted molar refractivity (Wildman–Crippen MR) is 72.5 cm³/mol. The molecule has 3 N–H and O–H groups in total. The van der Waals surface area contributed by atoms with Gasteiger partial charge in [0, 0.05) is 11.4 Å². The van der Waals surface area contributed by atoms with E-state index in [0.29, 0.717) is 17.1 Å². The van der Waals surface area contributed by atoms with Gasteiger partial charge in [-0.15, -0.1) is 11.8 Å². The summed E-state index contributed by atoms with van der Waals surface area (Å²) in [5, 5.41) is 8.99. The number of carboxylic acids is 1. The molecular formula is C12H15N3O3S. The zero-order chi connectivity index (χ0) is 14.0. The van der Waals surface area contributed by atoms with Crippen molar-refractivity contribution in [3.05, 3.63) is 24.0 Å². The Kier molecular flexibility index (Phi) is 3.94. The van der Waals surface area contributed by atoms with Crippen LogP contribution < -0.4 is 5.73 Å². The third-order valence-electron chi connectivity index (χ3n) is 2.98. The largest absolute Gasteiger partial charge is 0.480 e. The molecular weight excluding hydrogens is 266 g/mol. The molecule has 2 unspecified atom stereocenters. The zero-order valence-corrected chi connectivity index (χ0v) is 11.3. The lowest BCUT2D eigenvalue weighted by Gasteiger charge is -2.24. The van der Waals surface area contributed by atoms with E-state index in [1.54, 1.807) is 12.1 Å². The fraction of sp³-hybridized carbons (Fsp3) is 0.417. The summed E-state index contributed by atoms with van der Waals surface area (Å²) in [6.07, 6.45) is 1.58. The van der Waals surface area contributed by atoms with Gasteiger partial charge in [-0.2, -0.15) is 0 Å². The topological polar surface area (TPSA) is 96.5 Å². The van der Waals surface area contributed by atoms with E-state index in [4.69, 9.17) is 10.8 Å². The molecule has 102 valence electrons. The molecule has 0 aromatic carbocycles. The van der Waals surface area contributed by atoms with Gasteiger partial charge in [0.15, 0.2) is 0 Å². The van der Waals surface area contributed by atoms with E-state index in [-0.39, 0.29) is 17.7 Å². The highest BCUT2D eigenvalue weighted by Crippen LogP contribution is 2.29. The van der Waals surface area contributed by atoms with Crippen LogP contribution in [0.5, 0.6) is 0 Å². The van der Waals surface area contributed by atoms with Crippen LogP contribution >= 0.6 is 11.8 Å². The maximum atomic E-state index is 12.2. The third-order valence-corrected chi connectivity index (χ3v) is 4.19. The second-order valence-electron chi connectivity index (χ2n) is 4.35. The van der Waals surface area contributed by atoms with Crippen LogP contribution in [0.1, 0.15) is 12.6 Å². The van der Waals surface area contributed by atoms with Gasteiger partial charge in [-0.05, 0) is 19.1 Å². The fourth-order valence-corrected chi connectivity index (χ4v) is 3.19. The molecule has 0 saturated carbocycles. The number of aromatic nitrogens is 1. The Bertz CT molecular complexity index is 491. The van der Waals surface area contributed by atoms with Crippen molar-refractivity contribution in [2.45, 2.75) is 24.8 Å². The first kappa shape index (κ1) is 13.7. The molecule has 2 atom stereocenters. The van der Waals surface area contributed by atoms with Gasteiger partial charge in [0.2, 0.25) is 5.91 Å². The minimum Gasteiger partial charge on any atom is -0.480 e. The van der Waals surface area contributed by atoms with Crippen molar-refractivity contribution in [2.24, 2.45) is 0 Å². The number of carbonyl (C=O) groups is 2. The Morgan fingerprint density at radius 3 is 2.89 bits per heavy atom. The number of pyridine rings is 1. The molecule has 0 bridgehead atoms. The van der Waals surface area contributed by atoms with Crippen LogP contribution in [-0.4, -0.2) is 44.0 Å². The fourth-order valence-electron chi connectivity index (χ4n) is 2.00. The molecule has 1 aromatic heterocycles. The first-order valence-corrected chi connectivity index (χ1v) is 6.90. The van der Waals surface area contributed by atoms with Crippen LogP contribution in [0.15, 0.2) is 18.3 Å². The van der Waals surface area contributed by atoms with Gasteiger partial charge in [0.1, 0.15) is 6.04 Å². The van der Waals surface area contributed by atoms with E-state index in [9.17, 15) is 9.59 Å². The Morgan fingerprint density at radius 2 is 2.32 bits per heavy atom. The summed E-state index contributed by atoms with van der Waals surface area (Å²) in [6.45, 7) is 1.84. The molecule has 19 heavy (non-hydrogen) atoms. The van der Waals surface area contributed by atoms with Crippen molar-refractivity contribution in [3.63, 3.8) is 0 Å². The maximum Gasteiger partial charge on any atom is 0.327 e. The smallest absolute Gasteiger partial charge is 0.327 e. The van der Waals surface area contributed by atoms with Crippen LogP contribution in [0.25, 0.3) is 0 Å². The first-order chi connectivity index (χ1) is 8.99.